The van der Waals surface area contributed by atoms with Crippen LogP contribution in [0.15, 0.2) is 241 Å². The lowest BCUT2D eigenvalue weighted by Crippen LogP contribution is -2.68. The molecule has 81 heavy (non-hydrogen) atoms. The van der Waals surface area contributed by atoms with Gasteiger partial charge in [-0.1, -0.05) is 305 Å². The summed E-state index contributed by atoms with van der Waals surface area (Å²) in [5, 5.41) is 9.41. The van der Waals surface area contributed by atoms with Crippen molar-refractivity contribution in [3.8, 4) is 0 Å². The standard InChI is InChI=1S/C72H89NO5Si3/c1-54-45-49-59(77-80(71(9,10)11,63-37-25-17-26-38-63)64-39-27-18-28-40-64)51-47-55(2)53-67(73-69(75)58(5)76-79(70(6,7)8,61-33-21-15-22-34-61)62-35-23-16-24-36-62)57(4)68(74)56(3)48-52-60(50-46-54)78-81(72(12,13)14,65-41-29-19-30-42-65)66-43-31-20-32-44-66/h15-48,50-51,53,57-60,67H,49,52H2,1-14H3,(H,73,75). The predicted molar refractivity (Wildman–Crippen MR) is 348 cm³/mol. The van der Waals surface area contributed by atoms with E-state index in [2.05, 4.69) is 251 Å². The monoisotopic (exact) mass is 1130 g/mol. The van der Waals surface area contributed by atoms with E-state index in [4.69, 9.17) is 13.3 Å². The van der Waals surface area contributed by atoms with Gasteiger partial charge in [0.1, 0.15) is 6.10 Å². The second-order valence-corrected chi connectivity index (χ2v) is 37.9. The highest BCUT2D eigenvalue weighted by atomic mass is 28.4. The Bertz CT molecular complexity index is 3040. The molecule has 0 aromatic heterocycles. The van der Waals surface area contributed by atoms with Gasteiger partial charge in [0.05, 0.1) is 18.2 Å². The molecule has 5 atom stereocenters. The van der Waals surface area contributed by atoms with E-state index in [-0.39, 0.29) is 32.9 Å². The van der Waals surface area contributed by atoms with Crippen molar-refractivity contribution in [2.24, 2.45) is 5.92 Å². The molecular weight excluding hydrogens is 1040 g/mol. The number of hydrogen-bond acceptors (Lipinski definition) is 5. The zero-order valence-electron chi connectivity index (χ0n) is 50.7. The van der Waals surface area contributed by atoms with Gasteiger partial charge in [0.25, 0.3) is 25.0 Å². The highest BCUT2D eigenvalue weighted by Crippen LogP contribution is 2.41. The van der Waals surface area contributed by atoms with Gasteiger partial charge in [-0.3, -0.25) is 9.59 Å². The highest BCUT2D eigenvalue weighted by molar-refractivity contribution is 7.00. The Labute approximate surface area is 489 Å². The normalized spacial score (nSPS) is 18.9. The number of hydrogen-bond donors (Lipinski definition) is 1. The molecule has 7 rings (SSSR count). The fourth-order valence-corrected chi connectivity index (χ4v) is 25.9. The first-order valence-corrected chi connectivity index (χ1v) is 34.8. The van der Waals surface area contributed by atoms with Crippen LogP contribution in [0.5, 0.6) is 0 Å². The van der Waals surface area contributed by atoms with E-state index in [1.807, 2.05) is 76.2 Å². The molecule has 6 aromatic rings. The molecule has 0 bridgehead atoms. The summed E-state index contributed by atoms with van der Waals surface area (Å²) >= 11 is 0. The van der Waals surface area contributed by atoms with Gasteiger partial charge in [-0.25, -0.2) is 0 Å². The molecule has 5 unspecified atom stereocenters. The molecule has 0 aliphatic heterocycles. The molecule has 0 radical (unpaired) electrons. The van der Waals surface area contributed by atoms with Crippen LogP contribution in [0.4, 0.5) is 0 Å². The molecule has 1 aliphatic carbocycles. The topological polar surface area (TPSA) is 73.9 Å². The van der Waals surface area contributed by atoms with Crippen LogP contribution in [-0.4, -0.2) is 61.0 Å². The van der Waals surface area contributed by atoms with E-state index in [1.165, 1.54) is 20.7 Å². The molecule has 1 amide bonds. The molecular formula is C72H89NO5Si3. The van der Waals surface area contributed by atoms with Crippen molar-refractivity contribution in [1.29, 1.82) is 0 Å². The molecule has 1 aliphatic rings. The summed E-state index contributed by atoms with van der Waals surface area (Å²) in [4.78, 5) is 30.2. The van der Waals surface area contributed by atoms with Crippen molar-refractivity contribution in [3.05, 3.63) is 241 Å². The second-order valence-electron chi connectivity index (χ2n) is 25.2. The summed E-state index contributed by atoms with van der Waals surface area (Å²) in [7, 11) is -9.23. The molecule has 6 aromatic carbocycles. The number of nitrogens with one attached hydrogen (secondary N) is 1. The first kappa shape index (κ1) is 62.3. The van der Waals surface area contributed by atoms with Crippen molar-refractivity contribution in [1.82, 2.24) is 5.32 Å². The summed E-state index contributed by atoms with van der Waals surface area (Å²) in [6.07, 6.45) is 14.4. The molecule has 0 saturated heterocycles. The minimum absolute atomic E-state index is 0.0599. The van der Waals surface area contributed by atoms with E-state index >= 15 is 9.59 Å². The lowest BCUT2D eigenvalue weighted by Gasteiger charge is -2.44. The third kappa shape index (κ3) is 14.1. The Morgan fingerprint density at radius 3 is 1.12 bits per heavy atom. The Morgan fingerprint density at radius 2 is 0.790 bits per heavy atom. The van der Waals surface area contributed by atoms with Gasteiger partial charge in [0, 0.05) is 5.92 Å². The highest BCUT2D eigenvalue weighted by Gasteiger charge is 2.54. The Kier molecular flexibility index (Phi) is 20.6. The van der Waals surface area contributed by atoms with Gasteiger partial charge < -0.3 is 18.6 Å². The minimum Gasteiger partial charge on any atom is -0.401 e. The maximum Gasteiger partial charge on any atom is 0.262 e. The van der Waals surface area contributed by atoms with E-state index in [0.29, 0.717) is 18.4 Å². The largest absolute Gasteiger partial charge is 0.401 e. The zero-order valence-corrected chi connectivity index (χ0v) is 53.7. The average Bonchev–Trinajstić information content (AvgIpc) is 2.78. The number of benzene rings is 6. The summed E-state index contributed by atoms with van der Waals surface area (Å²) in [6.45, 7) is 30.3. The number of rotatable bonds is 14. The third-order valence-electron chi connectivity index (χ3n) is 16.2. The lowest BCUT2D eigenvalue weighted by atomic mass is 9.90. The molecule has 0 saturated carbocycles. The van der Waals surface area contributed by atoms with Crippen molar-refractivity contribution < 1.29 is 22.9 Å². The number of carbonyl (C=O) groups is 2. The number of Topliss-reactive ketones (excluding diaryl/α,β-unsaturated/α-hetero) is 1. The van der Waals surface area contributed by atoms with Crippen molar-refractivity contribution in [2.45, 2.75) is 149 Å². The number of carbonyl (C=O) groups excluding carboxylic acids is 2. The van der Waals surface area contributed by atoms with Crippen LogP contribution < -0.4 is 36.4 Å². The van der Waals surface area contributed by atoms with Gasteiger partial charge in [0.15, 0.2) is 5.78 Å². The predicted octanol–water partition coefficient (Wildman–Crippen LogP) is 13.3. The van der Waals surface area contributed by atoms with Crippen molar-refractivity contribution in [2.75, 3.05) is 0 Å². The molecule has 0 fully saturated rings. The summed E-state index contributed by atoms with van der Waals surface area (Å²) in [5.74, 6) is -0.995. The number of allylic oxidation sites excluding steroid dienone is 5. The van der Waals surface area contributed by atoms with Crippen LogP contribution in [0, 0.1) is 5.92 Å². The van der Waals surface area contributed by atoms with Crippen LogP contribution >= 0.6 is 0 Å². The molecule has 1 N–H and O–H groups in total. The summed E-state index contributed by atoms with van der Waals surface area (Å²) < 4.78 is 23.1. The second kappa shape index (κ2) is 26.7. The zero-order chi connectivity index (χ0) is 58.6. The van der Waals surface area contributed by atoms with Crippen LogP contribution in [-0.2, 0) is 22.9 Å². The maximum absolute atomic E-state index is 15.1. The van der Waals surface area contributed by atoms with Gasteiger partial charge in [-0.2, -0.15) is 0 Å². The van der Waals surface area contributed by atoms with Gasteiger partial charge >= 0.3 is 0 Å². The van der Waals surface area contributed by atoms with Crippen LogP contribution in [0.2, 0.25) is 15.1 Å². The first-order chi connectivity index (χ1) is 38.4. The van der Waals surface area contributed by atoms with E-state index in [0.717, 1.165) is 21.5 Å². The molecule has 9 heteroatoms. The van der Waals surface area contributed by atoms with Gasteiger partial charge in [-0.15, -0.1) is 0 Å². The quantitative estimate of drug-likeness (QED) is 0.110. The van der Waals surface area contributed by atoms with E-state index < -0.39 is 49.1 Å². The van der Waals surface area contributed by atoms with Gasteiger partial charge in [-0.05, 0) is 92.3 Å². The fraction of sp³-hybridized carbons (Fsp3) is 0.333. The number of amides is 1. The Balaban J connectivity index is 1.37. The molecule has 0 spiro atoms. The fourth-order valence-electron chi connectivity index (χ4n) is 11.9. The summed E-state index contributed by atoms with van der Waals surface area (Å²) in [5.41, 5.74) is 2.58. The third-order valence-corrected chi connectivity index (χ3v) is 31.4. The van der Waals surface area contributed by atoms with Crippen LogP contribution in [0.3, 0.4) is 0 Å². The van der Waals surface area contributed by atoms with Crippen LogP contribution in [0.25, 0.3) is 0 Å². The Hall–Kier alpha value is -6.31. The van der Waals surface area contributed by atoms with Crippen molar-refractivity contribution >= 4 is 67.8 Å². The average molecular weight is 1130 g/mol. The first-order valence-electron chi connectivity index (χ1n) is 29.0. The smallest absolute Gasteiger partial charge is 0.262 e. The van der Waals surface area contributed by atoms with Crippen molar-refractivity contribution in [3.63, 3.8) is 0 Å². The molecule has 424 valence electrons. The molecule has 6 nitrogen and oxygen atoms in total. The number of ketones is 1. The van der Waals surface area contributed by atoms with E-state index in [9.17, 15) is 0 Å². The van der Waals surface area contributed by atoms with E-state index in [1.54, 1.807) is 0 Å². The SMILES string of the molecule is CC1=CCC(O[Si](c2ccccc2)(c2ccccc2)C(C)(C)C)C=CC(C)=CC(NC(=O)C(C)O[Si](c2ccccc2)(c2ccccc2)C(C)(C)C)C(C)C(=O)C(C)=CCC(O[Si](c2ccccc2)(c2ccccc2)C(C)(C)C)C=C1. The minimum atomic E-state index is -3.13. The van der Waals surface area contributed by atoms with Gasteiger partial charge in [0.2, 0.25) is 5.91 Å². The maximum atomic E-state index is 15.1. The summed E-state index contributed by atoms with van der Waals surface area (Å²) in [6, 6.07) is 63.0. The molecule has 0 heterocycles. The van der Waals surface area contributed by atoms with Crippen LogP contribution in [0.1, 0.15) is 110 Å². The lowest BCUT2D eigenvalue weighted by molar-refractivity contribution is -0.128. The Morgan fingerprint density at radius 1 is 0.481 bits per heavy atom.